The lowest BCUT2D eigenvalue weighted by Gasteiger charge is -2.09. The Morgan fingerprint density at radius 1 is 0.688 bits per heavy atom. The first-order valence-electron chi connectivity index (χ1n) is 4.60. The number of halogens is 2. The first kappa shape index (κ1) is 11.1. The van der Waals surface area contributed by atoms with Gasteiger partial charge in [-0.3, -0.25) is 0 Å². The number of hydrogen-bond acceptors (Lipinski definition) is 1. The smallest absolute Gasteiger partial charge is 0.158 e. The van der Waals surface area contributed by atoms with Crippen LogP contribution in [0.1, 0.15) is 0 Å². The van der Waals surface area contributed by atoms with Crippen molar-refractivity contribution in [2.75, 3.05) is 0 Å². The highest BCUT2D eigenvalue weighted by Gasteiger charge is 2.14. The fourth-order valence-corrected chi connectivity index (χ4v) is 2.29. The lowest BCUT2D eigenvalue weighted by molar-refractivity contribution is 0.592. The van der Waals surface area contributed by atoms with Crippen LogP contribution < -0.4 is 0 Å². The molecule has 2 aromatic rings. The molecule has 1 nitrogen and oxygen atoms in total. The van der Waals surface area contributed by atoms with Crippen LogP contribution in [0.4, 0.5) is 8.78 Å². The Morgan fingerprint density at radius 2 is 1.00 bits per heavy atom. The zero-order valence-electron chi connectivity index (χ0n) is 8.19. The van der Waals surface area contributed by atoms with E-state index in [-0.39, 0.29) is 11.6 Å². The summed E-state index contributed by atoms with van der Waals surface area (Å²) in [4.78, 5) is 0.987. The van der Waals surface area contributed by atoms with Crippen LogP contribution in [0.15, 0.2) is 58.3 Å². The predicted molar refractivity (Wildman–Crippen MR) is 57.5 cm³/mol. The van der Waals surface area contributed by atoms with E-state index in [0.717, 1.165) is 0 Å². The third-order valence-corrected chi connectivity index (χ3v) is 3.46. The molecular weight excluding hydrogens is 230 g/mol. The molecule has 0 saturated heterocycles. The molecule has 0 bridgehead atoms. The van der Waals surface area contributed by atoms with E-state index in [0.29, 0.717) is 9.79 Å². The van der Waals surface area contributed by atoms with E-state index in [1.165, 1.54) is 48.5 Å². The Hall–Kier alpha value is -1.39. The van der Waals surface area contributed by atoms with E-state index in [1.807, 2.05) is 0 Å². The SMILES string of the molecule is [O-][S+](c1ccc(F)cc1)c1ccc(F)cc1. The van der Waals surface area contributed by atoms with Crippen LogP contribution >= 0.6 is 0 Å². The van der Waals surface area contributed by atoms with Gasteiger partial charge in [0.25, 0.3) is 0 Å². The van der Waals surface area contributed by atoms with Gasteiger partial charge in [-0.1, -0.05) is 0 Å². The van der Waals surface area contributed by atoms with Gasteiger partial charge in [-0.2, -0.15) is 0 Å². The average molecular weight is 238 g/mol. The van der Waals surface area contributed by atoms with Crippen LogP contribution in [0.3, 0.4) is 0 Å². The third kappa shape index (κ3) is 2.40. The van der Waals surface area contributed by atoms with Gasteiger partial charge in [0.2, 0.25) is 0 Å². The highest BCUT2D eigenvalue weighted by atomic mass is 32.2. The van der Waals surface area contributed by atoms with Crippen LogP contribution in [0.5, 0.6) is 0 Å². The van der Waals surface area contributed by atoms with Gasteiger partial charge in [0.15, 0.2) is 9.79 Å². The second-order valence-electron chi connectivity index (χ2n) is 3.18. The normalized spacial score (nSPS) is 10.8. The molecule has 4 heteroatoms. The average Bonchev–Trinajstić information content (AvgIpc) is 2.30. The van der Waals surface area contributed by atoms with Crippen molar-refractivity contribution in [2.24, 2.45) is 0 Å². The minimum Gasteiger partial charge on any atom is -0.606 e. The maximum Gasteiger partial charge on any atom is 0.158 e. The van der Waals surface area contributed by atoms with Gasteiger partial charge in [0, 0.05) is 11.2 Å². The van der Waals surface area contributed by atoms with Crippen molar-refractivity contribution in [1.29, 1.82) is 0 Å². The lowest BCUT2D eigenvalue weighted by Crippen LogP contribution is -2.01. The second-order valence-corrected chi connectivity index (χ2v) is 4.66. The number of rotatable bonds is 2. The van der Waals surface area contributed by atoms with Crippen LogP contribution in [0.25, 0.3) is 0 Å². The molecule has 0 aromatic heterocycles. The Balaban J connectivity index is 2.28. The van der Waals surface area contributed by atoms with Gasteiger partial charge in [-0.25, -0.2) is 8.78 Å². The summed E-state index contributed by atoms with van der Waals surface area (Å²) in [6.07, 6.45) is 0. The molecule has 0 heterocycles. The summed E-state index contributed by atoms with van der Waals surface area (Å²) in [5.74, 6) is -0.750. The summed E-state index contributed by atoms with van der Waals surface area (Å²) in [6.45, 7) is 0. The molecule has 0 radical (unpaired) electrons. The molecule has 0 spiro atoms. The molecule has 0 aliphatic heterocycles. The fraction of sp³-hybridized carbons (Fsp3) is 0. The summed E-state index contributed by atoms with van der Waals surface area (Å²) in [7, 11) is 0. The Bertz CT molecular complexity index is 422. The van der Waals surface area contributed by atoms with Crippen molar-refractivity contribution in [1.82, 2.24) is 0 Å². The molecule has 82 valence electrons. The van der Waals surface area contributed by atoms with Crippen LogP contribution in [0, 0.1) is 11.6 Å². The molecule has 2 aromatic carbocycles. The monoisotopic (exact) mass is 238 g/mol. The first-order valence-corrected chi connectivity index (χ1v) is 5.75. The molecule has 0 unspecified atom stereocenters. The number of benzene rings is 2. The van der Waals surface area contributed by atoms with Crippen molar-refractivity contribution >= 4 is 11.2 Å². The molecule has 0 atom stereocenters. The molecule has 0 aliphatic rings. The highest BCUT2D eigenvalue weighted by Crippen LogP contribution is 2.20. The first-order chi connectivity index (χ1) is 7.66. The van der Waals surface area contributed by atoms with Crippen LogP contribution in [0.2, 0.25) is 0 Å². The molecule has 0 N–H and O–H groups in total. The summed E-state index contributed by atoms with van der Waals surface area (Å²) in [5.41, 5.74) is 0. The van der Waals surface area contributed by atoms with Gasteiger partial charge >= 0.3 is 0 Å². The standard InChI is InChI=1S/C12H8F2OS/c13-9-1-5-11(6-2-9)16(15)12-7-3-10(14)4-8-12/h1-8H. The van der Waals surface area contributed by atoms with Crippen LogP contribution in [-0.4, -0.2) is 4.55 Å². The van der Waals surface area contributed by atoms with Crippen molar-refractivity contribution in [3.63, 3.8) is 0 Å². The topological polar surface area (TPSA) is 23.1 Å². The largest absolute Gasteiger partial charge is 0.606 e. The van der Waals surface area contributed by atoms with Crippen molar-refractivity contribution < 1.29 is 13.3 Å². The van der Waals surface area contributed by atoms with Crippen molar-refractivity contribution in [3.8, 4) is 0 Å². The zero-order chi connectivity index (χ0) is 11.5. The lowest BCUT2D eigenvalue weighted by atomic mass is 10.3. The van der Waals surface area contributed by atoms with Gasteiger partial charge in [-0.05, 0) is 48.5 Å². The molecule has 0 amide bonds. The Morgan fingerprint density at radius 3 is 1.31 bits per heavy atom. The van der Waals surface area contributed by atoms with E-state index in [9.17, 15) is 13.3 Å². The van der Waals surface area contributed by atoms with Crippen LogP contribution in [-0.2, 0) is 11.2 Å². The minimum absolute atomic E-state index is 0.375. The van der Waals surface area contributed by atoms with Gasteiger partial charge < -0.3 is 4.55 Å². The quantitative estimate of drug-likeness (QED) is 0.737. The van der Waals surface area contributed by atoms with Gasteiger partial charge in [0.05, 0.1) is 0 Å². The third-order valence-electron chi connectivity index (χ3n) is 2.06. The molecular formula is C12H8F2OS. The molecule has 16 heavy (non-hydrogen) atoms. The van der Waals surface area contributed by atoms with Gasteiger partial charge in [0.1, 0.15) is 11.6 Å². The predicted octanol–water partition coefficient (Wildman–Crippen LogP) is 3.13. The summed E-state index contributed by atoms with van der Waals surface area (Å²) in [6, 6.07) is 10.8. The van der Waals surface area contributed by atoms with Crippen molar-refractivity contribution in [3.05, 3.63) is 60.2 Å². The fourth-order valence-electron chi connectivity index (χ4n) is 1.25. The highest BCUT2D eigenvalue weighted by molar-refractivity contribution is 7.91. The van der Waals surface area contributed by atoms with E-state index >= 15 is 0 Å². The van der Waals surface area contributed by atoms with Gasteiger partial charge in [-0.15, -0.1) is 0 Å². The Kier molecular flexibility index (Phi) is 3.22. The van der Waals surface area contributed by atoms with E-state index < -0.39 is 11.2 Å². The zero-order valence-corrected chi connectivity index (χ0v) is 9.01. The Labute approximate surface area is 94.9 Å². The maximum atomic E-state index is 12.7. The van der Waals surface area contributed by atoms with E-state index in [4.69, 9.17) is 0 Å². The second kappa shape index (κ2) is 4.63. The number of hydrogen-bond donors (Lipinski definition) is 0. The minimum atomic E-state index is -1.40. The molecule has 0 aliphatic carbocycles. The van der Waals surface area contributed by atoms with E-state index in [2.05, 4.69) is 0 Å². The molecule has 0 fully saturated rings. The summed E-state index contributed by atoms with van der Waals surface area (Å²) < 4.78 is 37.2. The van der Waals surface area contributed by atoms with E-state index in [1.54, 1.807) is 0 Å². The summed E-state index contributed by atoms with van der Waals surface area (Å²) in [5, 5.41) is 0. The summed E-state index contributed by atoms with van der Waals surface area (Å²) >= 11 is -1.40. The molecule has 0 saturated carbocycles. The van der Waals surface area contributed by atoms with Crippen molar-refractivity contribution in [2.45, 2.75) is 9.79 Å². The molecule has 2 rings (SSSR count). The maximum absolute atomic E-state index is 12.7.